The van der Waals surface area contributed by atoms with E-state index in [4.69, 9.17) is 5.11 Å². The molecule has 106 valence electrons. The van der Waals surface area contributed by atoms with Crippen LogP contribution in [0.4, 0.5) is 4.79 Å². The number of aliphatic carboxylic acids is 1. The monoisotopic (exact) mass is 276 g/mol. The molecule has 0 heterocycles. The summed E-state index contributed by atoms with van der Waals surface area (Å²) in [7, 11) is 0. The van der Waals surface area contributed by atoms with Gasteiger partial charge in [0, 0.05) is 24.9 Å². The summed E-state index contributed by atoms with van der Waals surface area (Å²) < 4.78 is 0. The molecule has 0 bridgehead atoms. The van der Waals surface area contributed by atoms with E-state index in [-0.39, 0.29) is 18.6 Å². The number of carboxylic acid groups (broad SMARTS) is 1. The lowest BCUT2D eigenvalue weighted by atomic mass is 10.2. The Morgan fingerprint density at radius 2 is 1.94 bits per heavy atom. The van der Waals surface area contributed by atoms with Crippen molar-refractivity contribution in [1.82, 2.24) is 10.2 Å². The van der Waals surface area contributed by atoms with Gasteiger partial charge in [0.05, 0.1) is 5.92 Å². The van der Waals surface area contributed by atoms with Crippen LogP contribution in [-0.4, -0.2) is 52.6 Å². The predicted octanol–water partition coefficient (Wildman–Crippen LogP) is 1.88. The molecule has 0 aromatic heterocycles. The molecule has 18 heavy (non-hydrogen) atoms. The van der Waals surface area contributed by atoms with Gasteiger partial charge in [-0.2, -0.15) is 11.8 Å². The van der Waals surface area contributed by atoms with E-state index in [1.807, 2.05) is 13.8 Å². The van der Waals surface area contributed by atoms with E-state index < -0.39 is 11.9 Å². The van der Waals surface area contributed by atoms with Gasteiger partial charge in [0.15, 0.2) is 0 Å². The van der Waals surface area contributed by atoms with Gasteiger partial charge in [0.25, 0.3) is 0 Å². The number of carboxylic acids is 1. The highest BCUT2D eigenvalue weighted by Crippen LogP contribution is 2.04. The molecule has 2 N–H and O–H groups in total. The van der Waals surface area contributed by atoms with Gasteiger partial charge in [0.1, 0.15) is 0 Å². The minimum Gasteiger partial charge on any atom is -0.481 e. The standard InChI is InChI=1S/C12H24N2O3S/c1-5-14(7-9(3)11(15)16)12(17)13-10(4)8-18-6-2/h9-10H,5-8H2,1-4H3,(H,13,17)(H,15,16). The second-order valence-corrected chi connectivity index (χ2v) is 5.61. The predicted molar refractivity (Wildman–Crippen MR) is 75.0 cm³/mol. The van der Waals surface area contributed by atoms with Gasteiger partial charge in [-0.1, -0.05) is 13.8 Å². The van der Waals surface area contributed by atoms with Crippen LogP contribution in [0.5, 0.6) is 0 Å². The maximum absolute atomic E-state index is 11.9. The van der Waals surface area contributed by atoms with E-state index in [1.165, 1.54) is 4.90 Å². The van der Waals surface area contributed by atoms with Crippen LogP contribution in [0.1, 0.15) is 27.7 Å². The minimum atomic E-state index is -0.879. The Labute approximate surface area is 113 Å². The van der Waals surface area contributed by atoms with Crippen LogP contribution in [-0.2, 0) is 4.79 Å². The Morgan fingerprint density at radius 1 is 1.33 bits per heavy atom. The molecule has 0 fully saturated rings. The van der Waals surface area contributed by atoms with Crippen molar-refractivity contribution in [3.05, 3.63) is 0 Å². The van der Waals surface area contributed by atoms with Crippen molar-refractivity contribution >= 4 is 23.8 Å². The number of carbonyl (C=O) groups excluding carboxylic acids is 1. The van der Waals surface area contributed by atoms with Gasteiger partial charge in [0.2, 0.25) is 0 Å². The molecule has 0 radical (unpaired) electrons. The fourth-order valence-electron chi connectivity index (χ4n) is 1.40. The third-order valence-electron chi connectivity index (χ3n) is 2.53. The summed E-state index contributed by atoms with van der Waals surface area (Å²) in [6, 6.07) is -0.0913. The van der Waals surface area contributed by atoms with Crippen molar-refractivity contribution in [1.29, 1.82) is 0 Å². The zero-order valence-corrected chi connectivity index (χ0v) is 12.4. The van der Waals surface area contributed by atoms with Crippen LogP contribution >= 0.6 is 11.8 Å². The van der Waals surface area contributed by atoms with Crippen LogP contribution in [0.3, 0.4) is 0 Å². The number of rotatable bonds is 8. The number of nitrogens with one attached hydrogen (secondary N) is 1. The molecule has 0 aliphatic heterocycles. The fraction of sp³-hybridized carbons (Fsp3) is 0.833. The average molecular weight is 276 g/mol. The molecule has 0 aliphatic rings. The Morgan fingerprint density at radius 3 is 2.39 bits per heavy atom. The van der Waals surface area contributed by atoms with Crippen molar-refractivity contribution in [2.45, 2.75) is 33.7 Å². The second kappa shape index (κ2) is 9.08. The molecule has 5 nitrogen and oxygen atoms in total. The number of hydrogen-bond acceptors (Lipinski definition) is 3. The first kappa shape index (κ1) is 17.1. The van der Waals surface area contributed by atoms with E-state index in [0.29, 0.717) is 6.54 Å². The highest BCUT2D eigenvalue weighted by atomic mass is 32.2. The van der Waals surface area contributed by atoms with Crippen LogP contribution < -0.4 is 5.32 Å². The third kappa shape index (κ3) is 6.74. The Hall–Kier alpha value is -0.910. The van der Waals surface area contributed by atoms with Crippen molar-refractivity contribution in [2.24, 2.45) is 5.92 Å². The van der Waals surface area contributed by atoms with Gasteiger partial charge in [-0.15, -0.1) is 0 Å². The van der Waals surface area contributed by atoms with Crippen molar-refractivity contribution in [3.63, 3.8) is 0 Å². The van der Waals surface area contributed by atoms with E-state index in [9.17, 15) is 9.59 Å². The molecular formula is C12H24N2O3S. The molecule has 0 aromatic rings. The van der Waals surface area contributed by atoms with Gasteiger partial charge in [-0.3, -0.25) is 4.79 Å². The van der Waals surface area contributed by atoms with Gasteiger partial charge < -0.3 is 15.3 Å². The molecule has 2 amide bonds. The molecule has 0 rings (SSSR count). The molecule has 2 unspecified atom stereocenters. The summed E-state index contributed by atoms with van der Waals surface area (Å²) in [4.78, 5) is 24.2. The van der Waals surface area contributed by atoms with E-state index >= 15 is 0 Å². The quantitative estimate of drug-likeness (QED) is 0.710. The lowest BCUT2D eigenvalue weighted by Crippen LogP contribution is -2.46. The van der Waals surface area contributed by atoms with E-state index in [1.54, 1.807) is 18.7 Å². The zero-order chi connectivity index (χ0) is 14.1. The van der Waals surface area contributed by atoms with E-state index in [2.05, 4.69) is 12.2 Å². The average Bonchev–Trinajstić information content (AvgIpc) is 2.32. The van der Waals surface area contributed by atoms with Gasteiger partial charge >= 0.3 is 12.0 Å². The smallest absolute Gasteiger partial charge is 0.317 e. The van der Waals surface area contributed by atoms with Crippen molar-refractivity contribution < 1.29 is 14.7 Å². The largest absolute Gasteiger partial charge is 0.481 e. The number of urea groups is 1. The maximum Gasteiger partial charge on any atom is 0.317 e. The Kier molecular flexibility index (Phi) is 8.62. The highest BCUT2D eigenvalue weighted by Gasteiger charge is 2.20. The molecule has 6 heteroatoms. The molecule has 0 saturated heterocycles. The Balaban J connectivity index is 4.22. The molecule has 0 spiro atoms. The van der Waals surface area contributed by atoms with Crippen molar-refractivity contribution in [3.8, 4) is 0 Å². The summed E-state index contributed by atoms with van der Waals surface area (Å²) in [5.41, 5.74) is 0. The van der Waals surface area contributed by atoms with E-state index in [0.717, 1.165) is 11.5 Å². The number of hydrogen-bond donors (Lipinski definition) is 2. The van der Waals surface area contributed by atoms with Gasteiger partial charge in [-0.05, 0) is 19.6 Å². The number of nitrogens with zero attached hydrogens (tertiary/aromatic N) is 1. The van der Waals surface area contributed by atoms with Crippen LogP contribution in [0.15, 0.2) is 0 Å². The topological polar surface area (TPSA) is 69.6 Å². The van der Waals surface area contributed by atoms with Gasteiger partial charge in [-0.25, -0.2) is 4.79 Å². The normalized spacial score (nSPS) is 13.8. The number of amides is 2. The van der Waals surface area contributed by atoms with Crippen molar-refractivity contribution in [2.75, 3.05) is 24.6 Å². The molecule has 0 aliphatic carbocycles. The fourth-order valence-corrected chi connectivity index (χ4v) is 2.08. The van der Waals surface area contributed by atoms with Crippen LogP contribution in [0, 0.1) is 5.92 Å². The first-order valence-corrected chi connectivity index (χ1v) is 7.43. The number of thioether (sulfide) groups is 1. The maximum atomic E-state index is 11.9. The molecule has 2 atom stereocenters. The summed E-state index contributed by atoms with van der Waals surface area (Å²) in [6.07, 6.45) is 0. The summed E-state index contributed by atoms with van der Waals surface area (Å²) >= 11 is 1.77. The van der Waals surface area contributed by atoms with Crippen LogP contribution in [0.2, 0.25) is 0 Å². The summed E-state index contributed by atoms with van der Waals surface area (Å²) in [5, 5.41) is 11.7. The highest BCUT2D eigenvalue weighted by molar-refractivity contribution is 7.99. The third-order valence-corrected chi connectivity index (χ3v) is 3.67. The Bertz CT molecular complexity index is 274. The van der Waals surface area contributed by atoms with Crippen LogP contribution in [0.25, 0.3) is 0 Å². The lowest BCUT2D eigenvalue weighted by Gasteiger charge is -2.25. The summed E-state index contributed by atoms with van der Waals surface area (Å²) in [5.74, 6) is 0.467. The molecule has 0 saturated carbocycles. The SMILES string of the molecule is CCSCC(C)NC(=O)N(CC)CC(C)C(=O)O. The first-order chi connectivity index (χ1) is 8.42. The molecular weight excluding hydrogens is 252 g/mol. The first-order valence-electron chi connectivity index (χ1n) is 6.28. The second-order valence-electron chi connectivity index (χ2n) is 4.29. The molecule has 0 aromatic carbocycles. The number of carbonyl (C=O) groups is 2. The zero-order valence-electron chi connectivity index (χ0n) is 11.6. The minimum absolute atomic E-state index is 0.0941. The summed E-state index contributed by atoms with van der Waals surface area (Å²) in [6.45, 7) is 8.23. The lowest BCUT2D eigenvalue weighted by molar-refractivity contribution is -0.141.